The lowest BCUT2D eigenvalue weighted by molar-refractivity contribution is 0.553. The highest BCUT2D eigenvalue weighted by atomic mass is 14.7. The molecule has 2 nitrogen and oxygen atoms in total. The van der Waals surface area contributed by atoms with E-state index in [2.05, 4.69) is 11.2 Å². The molecule has 0 aliphatic rings. The zero-order valence-corrected chi connectivity index (χ0v) is 6.26. The van der Waals surface area contributed by atoms with Gasteiger partial charge in [0.15, 0.2) is 0 Å². The zero-order chi connectivity index (χ0) is 7.61. The first-order valence-corrected chi connectivity index (χ1v) is 3.22. The standard InChI is InChI=1S/C8H11N2/c1-8(2,9)7-3-5-10-6-4-7/h3-5H,9H2,1-2H3. The fourth-order valence-electron chi connectivity index (χ4n) is 0.716. The van der Waals surface area contributed by atoms with E-state index in [9.17, 15) is 0 Å². The van der Waals surface area contributed by atoms with Crippen LogP contribution >= 0.6 is 0 Å². The molecule has 0 bridgehead atoms. The topological polar surface area (TPSA) is 38.9 Å². The Morgan fingerprint density at radius 3 is 2.60 bits per heavy atom. The molecule has 0 unspecified atom stereocenters. The second-order valence-electron chi connectivity index (χ2n) is 2.90. The van der Waals surface area contributed by atoms with E-state index in [0.717, 1.165) is 5.56 Å². The summed E-state index contributed by atoms with van der Waals surface area (Å²) in [4.78, 5) is 3.78. The van der Waals surface area contributed by atoms with Crippen molar-refractivity contribution in [1.29, 1.82) is 0 Å². The summed E-state index contributed by atoms with van der Waals surface area (Å²) in [5.41, 5.74) is 6.59. The molecule has 53 valence electrons. The molecule has 0 saturated heterocycles. The maximum atomic E-state index is 5.81. The summed E-state index contributed by atoms with van der Waals surface area (Å²) >= 11 is 0. The van der Waals surface area contributed by atoms with Crippen molar-refractivity contribution < 1.29 is 0 Å². The Morgan fingerprint density at radius 1 is 1.60 bits per heavy atom. The Bertz CT molecular complexity index is 198. The van der Waals surface area contributed by atoms with Gasteiger partial charge in [-0.25, -0.2) is 0 Å². The summed E-state index contributed by atoms with van der Waals surface area (Å²) in [7, 11) is 0. The Labute approximate surface area is 61.1 Å². The summed E-state index contributed by atoms with van der Waals surface area (Å²) in [6.07, 6.45) is 4.44. The minimum Gasteiger partial charge on any atom is -0.322 e. The molecule has 0 amide bonds. The minimum absolute atomic E-state index is 0.278. The van der Waals surface area contributed by atoms with Gasteiger partial charge in [0.1, 0.15) is 0 Å². The molecule has 1 aromatic rings. The Morgan fingerprint density at radius 2 is 2.30 bits per heavy atom. The van der Waals surface area contributed by atoms with Crippen LogP contribution in [0, 0.1) is 6.20 Å². The first-order valence-electron chi connectivity index (χ1n) is 3.22. The van der Waals surface area contributed by atoms with Crippen LogP contribution in [0.3, 0.4) is 0 Å². The van der Waals surface area contributed by atoms with Crippen LogP contribution in [0.1, 0.15) is 19.4 Å². The predicted molar refractivity (Wildman–Crippen MR) is 40.3 cm³/mol. The van der Waals surface area contributed by atoms with Crippen molar-refractivity contribution in [3.8, 4) is 0 Å². The highest BCUT2D eigenvalue weighted by Gasteiger charge is 2.12. The van der Waals surface area contributed by atoms with Crippen molar-refractivity contribution >= 4 is 0 Å². The van der Waals surface area contributed by atoms with Crippen molar-refractivity contribution in [2.24, 2.45) is 5.73 Å². The lowest BCUT2D eigenvalue weighted by Gasteiger charge is -2.17. The third-order valence-corrected chi connectivity index (χ3v) is 1.37. The number of hydrogen-bond acceptors (Lipinski definition) is 2. The van der Waals surface area contributed by atoms with Crippen LogP contribution in [0.2, 0.25) is 0 Å². The van der Waals surface area contributed by atoms with Gasteiger partial charge in [-0.05, 0) is 31.5 Å². The number of nitrogens with zero attached hydrogens (tertiary/aromatic N) is 1. The van der Waals surface area contributed by atoms with Gasteiger partial charge in [0.05, 0.1) is 6.20 Å². The van der Waals surface area contributed by atoms with Crippen LogP contribution < -0.4 is 5.73 Å². The second kappa shape index (κ2) is 2.39. The van der Waals surface area contributed by atoms with E-state index in [0.29, 0.717) is 0 Å². The fourth-order valence-corrected chi connectivity index (χ4v) is 0.716. The van der Waals surface area contributed by atoms with Crippen molar-refractivity contribution in [2.45, 2.75) is 19.4 Å². The molecule has 1 radical (unpaired) electrons. The molecule has 0 fully saturated rings. The normalized spacial score (nSPS) is 11.5. The van der Waals surface area contributed by atoms with E-state index in [1.165, 1.54) is 0 Å². The molecule has 0 aromatic carbocycles. The van der Waals surface area contributed by atoms with Gasteiger partial charge in [-0.15, -0.1) is 0 Å². The number of aromatic nitrogens is 1. The first kappa shape index (κ1) is 7.22. The molecule has 0 saturated carbocycles. The van der Waals surface area contributed by atoms with E-state index in [1.807, 2.05) is 19.9 Å². The second-order valence-corrected chi connectivity index (χ2v) is 2.90. The Balaban J connectivity index is 2.97. The maximum absolute atomic E-state index is 5.81. The average molecular weight is 135 g/mol. The van der Waals surface area contributed by atoms with E-state index in [4.69, 9.17) is 5.73 Å². The first-order chi connectivity index (χ1) is 4.61. The molecule has 1 heterocycles. The third kappa shape index (κ3) is 1.54. The summed E-state index contributed by atoms with van der Waals surface area (Å²) in [5.74, 6) is 0. The summed E-state index contributed by atoms with van der Waals surface area (Å²) in [6, 6.07) is 3.70. The van der Waals surface area contributed by atoms with Gasteiger partial charge in [0, 0.05) is 11.7 Å². The molecule has 0 aliphatic carbocycles. The Hall–Kier alpha value is -0.890. The monoisotopic (exact) mass is 135 g/mol. The van der Waals surface area contributed by atoms with Gasteiger partial charge in [0.2, 0.25) is 0 Å². The largest absolute Gasteiger partial charge is 0.322 e. The van der Waals surface area contributed by atoms with Crippen LogP contribution in [-0.2, 0) is 5.54 Å². The molecular weight excluding hydrogens is 124 g/mol. The summed E-state index contributed by atoms with van der Waals surface area (Å²) < 4.78 is 0. The average Bonchev–Trinajstić information content (AvgIpc) is 1.88. The molecule has 1 aromatic heterocycles. The lowest BCUT2D eigenvalue weighted by atomic mass is 9.97. The van der Waals surface area contributed by atoms with Crippen molar-refractivity contribution in [2.75, 3.05) is 0 Å². The quantitative estimate of drug-likeness (QED) is 0.625. The van der Waals surface area contributed by atoms with Gasteiger partial charge in [-0.2, -0.15) is 0 Å². The van der Waals surface area contributed by atoms with E-state index in [-0.39, 0.29) is 5.54 Å². The van der Waals surface area contributed by atoms with Crippen LogP contribution in [0.5, 0.6) is 0 Å². The summed E-state index contributed by atoms with van der Waals surface area (Å²) in [5, 5.41) is 0. The zero-order valence-electron chi connectivity index (χ0n) is 6.26. The SMILES string of the molecule is CC(C)(N)c1c[c]ncc1. The summed E-state index contributed by atoms with van der Waals surface area (Å²) in [6.45, 7) is 3.91. The van der Waals surface area contributed by atoms with E-state index in [1.54, 1.807) is 12.3 Å². The van der Waals surface area contributed by atoms with E-state index < -0.39 is 0 Å². The number of nitrogens with two attached hydrogens (primary N) is 1. The van der Waals surface area contributed by atoms with Crippen molar-refractivity contribution in [3.63, 3.8) is 0 Å². The van der Waals surface area contributed by atoms with Crippen LogP contribution in [-0.4, -0.2) is 4.98 Å². The lowest BCUT2D eigenvalue weighted by Crippen LogP contribution is -2.28. The molecule has 2 heteroatoms. The molecule has 10 heavy (non-hydrogen) atoms. The smallest absolute Gasteiger partial charge is 0.0889 e. The van der Waals surface area contributed by atoms with Gasteiger partial charge in [-0.1, -0.05) is 0 Å². The number of hydrogen-bond donors (Lipinski definition) is 1. The molecular formula is C8H11N2. The van der Waals surface area contributed by atoms with Gasteiger partial charge < -0.3 is 5.73 Å². The minimum atomic E-state index is -0.278. The Kier molecular flexibility index (Phi) is 1.72. The predicted octanol–water partition coefficient (Wildman–Crippen LogP) is 1.08. The number of rotatable bonds is 1. The van der Waals surface area contributed by atoms with Gasteiger partial charge in [0.25, 0.3) is 0 Å². The molecule has 2 N–H and O–H groups in total. The maximum Gasteiger partial charge on any atom is 0.0889 e. The molecule has 1 rings (SSSR count). The number of pyridine rings is 1. The molecule has 0 atom stereocenters. The van der Waals surface area contributed by atoms with E-state index >= 15 is 0 Å². The van der Waals surface area contributed by atoms with Gasteiger partial charge >= 0.3 is 0 Å². The third-order valence-electron chi connectivity index (χ3n) is 1.37. The molecule has 0 spiro atoms. The van der Waals surface area contributed by atoms with Gasteiger partial charge in [-0.3, -0.25) is 4.98 Å². The van der Waals surface area contributed by atoms with Crippen LogP contribution in [0.15, 0.2) is 18.3 Å². The highest BCUT2D eigenvalue weighted by Crippen LogP contribution is 2.13. The van der Waals surface area contributed by atoms with Crippen molar-refractivity contribution in [3.05, 3.63) is 30.1 Å². The van der Waals surface area contributed by atoms with Crippen LogP contribution in [0.25, 0.3) is 0 Å². The molecule has 0 aliphatic heterocycles. The van der Waals surface area contributed by atoms with Crippen molar-refractivity contribution in [1.82, 2.24) is 4.98 Å². The fraction of sp³-hybridized carbons (Fsp3) is 0.375. The highest BCUT2D eigenvalue weighted by molar-refractivity contribution is 5.17. The van der Waals surface area contributed by atoms with Crippen LogP contribution in [0.4, 0.5) is 0 Å².